The average molecular weight is 291 g/mol. The Hall–Kier alpha value is -1.91. The number of hydrogen-bond acceptors (Lipinski definition) is 3. The third kappa shape index (κ3) is 3.56. The Labute approximate surface area is 122 Å². The van der Waals surface area contributed by atoms with Crippen LogP contribution in [-0.4, -0.2) is 4.92 Å². The number of aryl methyl sites for hydroxylation is 1. The van der Waals surface area contributed by atoms with Crippen LogP contribution in [0.1, 0.15) is 16.7 Å². The highest BCUT2D eigenvalue weighted by atomic mass is 35.5. The number of halogens is 1. The highest BCUT2D eigenvalue weighted by Gasteiger charge is 2.15. The number of hydrogen-bond donors (Lipinski definition) is 1. The van der Waals surface area contributed by atoms with Crippen molar-refractivity contribution in [3.05, 3.63) is 74.3 Å². The van der Waals surface area contributed by atoms with Gasteiger partial charge >= 0.3 is 0 Å². The van der Waals surface area contributed by atoms with Gasteiger partial charge in [-0.3, -0.25) is 10.1 Å². The van der Waals surface area contributed by atoms with Gasteiger partial charge in [-0.25, -0.2) is 0 Å². The number of nitrogens with zero attached hydrogens (tertiary/aromatic N) is 1. The first-order valence-corrected chi connectivity index (χ1v) is 6.64. The molecule has 104 valence electrons. The van der Waals surface area contributed by atoms with Crippen molar-refractivity contribution in [2.75, 3.05) is 0 Å². The maximum absolute atomic E-state index is 11.0. The van der Waals surface area contributed by atoms with E-state index in [9.17, 15) is 10.1 Å². The van der Waals surface area contributed by atoms with E-state index in [1.165, 1.54) is 11.6 Å². The van der Waals surface area contributed by atoms with Crippen molar-refractivity contribution in [1.29, 1.82) is 0 Å². The van der Waals surface area contributed by atoms with Crippen LogP contribution in [0.2, 0.25) is 5.02 Å². The van der Waals surface area contributed by atoms with Crippen molar-refractivity contribution in [3.63, 3.8) is 0 Å². The summed E-state index contributed by atoms with van der Waals surface area (Å²) in [5, 5.41) is 14.6. The second-order valence-electron chi connectivity index (χ2n) is 4.59. The minimum atomic E-state index is -0.407. The van der Waals surface area contributed by atoms with Gasteiger partial charge in [0.2, 0.25) is 0 Å². The molecule has 0 fully saturated rings. The van der Waals surface area contributed by atoms with E-state index in [0.29, 0.717) is 23.7 Å². The Bertz CT molecular complexity index is 629. The van der Waals surface area contributed by atoms with Gasteiger partial charge in [0.25, 0.3) is 5.69 Å². The molecule has 0 bridgehead atoms. The molecule has 0 heterocycles. The van der Waals surface area contributed by atoms with E-state index in [4.69, 9.17) is 11.6 Å². The minimum Gasteiger partial charge on any atom is -0.308 e. The van der Waals surface area contributed by atoms with Crippen molar-refractivity contribution < 1.29 is 4.92 Å². The molecular weight excluding hydrogens is 276 g/mol. The molecule has 20 heavy (non-hydrogen) atoms. The number of benzene rings is 2. The average Bonchev–Trinajstić information content (AvgIpc) is 2.40. The smallest absolute Gasteiger partial charge is 0.275 e. The number of nitro groups is 1. The van der Waals surface area contributed by atoms with Crippen molar-refractivity contribution in [2.24, 2.45) is 0 Å². The van der Waals surface area contributed by atoms with Crippen LogP contribution >= 0.6 is 11.6 Å². The molecule has 0 aliphatic carbocycles. The fraction of sp³-hybridized carbons (Fsp3) is 0.200. The second-order valence-corrected chi connectivity index (χ2v) is 4.99. The van der Waals surface area contributed by atoms with Crippen LogP contribution in [0, 0.1) is 17.0 Å². The normalized spacial score (nSPS) is 10.5. The van der Waals surface area contributed by atoms with E-state index in [1.54, 1.807) is 12.1 Å². The molecule has 4 nitrogen and oxygen atoms in total. The highest BCUT2D eigenvalue weighted by molar-refractivity contribution is 6.31. The topological polar surface area (TPSA) is 55.2 Å². The summed E-state index contributed by atoms with van der Waals surface area (Å²) in [6.07, 6.45) is 0. The molecule has 0 aromatic heterocycles. The van der Waals surface area contributed by atoms with Gasteiger partial charge in [0, 0.05) is 19.2 Å². The maximum atomic E-state index is 11.0. The van der Waals surface area contributed by atoms with Gasteiger partial charge in [-0.15, -0.1) is 0 Å². The lowest BCUT2D eigenvalue weighted by molar-refractivity contribution is -0.385. The molecule has 5 heteroatoms. The number of rotatable bonds is 5. The number of nitrogens with one attached hydrogen (secondary N) is 1. The molecule has 2 aromatic rings. The van der Waals surface area contributed by atoms with Crippen molar-refractivity contribution >= 4 is 17.3 Å². The summed E-state index contributed by atoms with van der Waals surface area (Å²) in [6.45, 7) is 3.04. The fourth-order valence-corrected chi connectivity index (χ4v) is 2.28. The van der Waals surface area contributed by atoms with Gasteiger partial charge in [-0.2, -0.15) is 0 Å². The molecule has 0 saturated heterocycles. The van der Waals surface area contributed by atoms with E-state index in [1.807, 2.05) is 25.1 Å². The monoisotopic (exact) mass is 290 g/mol. The van der Waals surface area contributed by atoms with Gasteiger partial charge in [-0.1, -0.05) is 47.5 Å². The van der Waals surface area contributed by atoms with Gasteiger partial charge in [0.1, 0.15) is 0 Å². The predicted octanol–water partition coefficient (Wildman–Crippen LogP) is 3.85. The van der Waals surface area contributed by atoms with E-state index in [2.05, 4.69) is 11.4 Å². The Morgan fingerprint density at radius 3 is 2.65 bits per heavy atom. The molecule has 0 atom stereocenters. The molecule has 0 aliphatic rings. The predicted molar refractivity (Wildman–Crippen MR) is 79.8 cm³/mol. The van der Waals surface area contributed by atoms with Crippen LogP contribution in [0.5, 0.6) is 0 Å². The lowest BCUT2D eigenvalue weighted by Crippen LogP contribution is -2.14. The van der Waals surface area contributed by atoms with Gasteiger partial charge < -0.3 is 5.32 Å². The molecule has 0 spiro atoms. The SMILES string of the molecule is Cc1cccc(CNCc2c(Cl)cccc2[N+](=O)[O-])c1. The Balaban J connectivity index is 2.06. The Morgan fingerprint density at radius 2 is 1.95 bits per heavy atom. The van der Waals surface area contributed by atoms with Gasteiger partial charge in [0.05, 0.1) is 15.5 Å². The third-order valence-corrected chi connectivity index (χ3v) is 3.36. The lowest BCUT2D eigenvalue weighted by atomic mass is 10.1. The van der Waals surface area contributed by atoms with Gasteiger partial charge in [-0.05, 0) is 18.6 Å². The van der Waals surface area contributed by atoms with E-state index < -0.39 is 4.92 Å². The summed E-state index contributed by atoms with van der Waals surface area (Å²) in [6, 6.07) is 12.8. The first-order chi connectivity index (χ1) is 9.58. The number of nitro benzene ring substituents is 1. The Morgan fingerprint density at radius 1 is 1.20 bits per heavy atom. The quantitative estimate of drug-likeness (QED) is 0.672. The standard InChI is InChI=1S/C15H15ClN2O2/c1-11-4-2-5-12(8-11)9-17-10-13-14(16)6-3-7-15(13)18(19)20/h2-8,17H,9-10H2,1H3. The van der Waals surface area contributed by atoms with Crippen molar-refractivity contribution in [1.82, 2.24) is 5.32 Å². The molecule has 2 aromatic carbocycles. The van der Waals surface area contributed by atoms with Crippen LogP contribution < -0.4 is 5.32 Å². The molecule has 2 rings (SSSR count). The molecule has 0 aliphatic heterocycles. The zero-order valence-corrected chi connectivity index (χ0v) is 11.9. The summed E-state index contributed by atoms with van der Waals surface area (Å²) in [5.41, 5.74) is 2.90. The Kier molecular flexibility index (Phi) is 4.71. The summed E-state index contributed by atoms with van der Waals surface area (Å²) < 4.78 is 0. The molecule has 0 unspecified atom stereocenters. The molecule has 0 radical (unpaired) electrons. The first-order valence-electron chi connectivity index (χ1n) is 6.26. The maximum Gasteiger partial charge on any atom is 0.275 e. The molecule has 0 amide bonds. The highest BCUT2D eigenvalue weighted by Crippen LogP contribution is 2.25. The minimum absolute atomic E-state index is 0.0502. The zero-order chi connectivity index (χ0) is 14.5. The summed E-state index contributed by atoms with van der Waals surface area (Å²) in [4.78, 5) is 10.6. The molecular formula is C15H15ClN2O2. The summed E-state index contributed by atoms with van der Waals surface area (Å²) >= 11 is 6.04. The van der Waals surface area contributed by atoms with Crippen LogP contribution in [0.25, 0.3) is 0 Å². The summed E-state index contributed by atoms with van der Waals surface area (Å²) in [7, 11) is 0. The van der Waals surface area contributed by atoms with Gasteiger partial charge in [0.15, 0.2) is 0 Å². The first kappa shape index (κ1) is 14.5. The van der Waals surface area contributed by atoms with Crippen LogP contribution in [-0.2, 0) is 13.1 Å². The largest absolute Gasteiger partial charge is 0.308 e. The third-order valence-electron chi connectivity index (χ3n) is 3.00. The van der Waals surface area contributed by atoms with Crippen LogP contribution in [0.3, 0.4) is 0 Å². The fourth-order valence-electron chi connectivity index (χ4n) is 2.05. The van der Waals surface area contributed by atoms with Crippen molar-refractivity contribution in [3.8, 4) is 0 Å². The second kappa shape index (κ2) is 6.50. The summed E-state index contributed by atoms with van der Waals surface area (Å²) in [5.74, 6) is 0. The zero-order valence-electron chi connectivity index (χ0n) is 11.1. The lowest BCUT2D eigenvalue weighted by Gasteiger charge is -2.08. The van der Waals surface area contributed by atoms with Crippen LogP contribution in [0.15, 0.2) is 42.5 Å². The molecule has 1 N–H and O–H groups in total. The van der Waals surface area contributed by atoms with Crippen LogP contribution in [0.4, 0.5) is 5.69 Å². The molecule has 0 saturated carbocycles. The van der Waals surface area contributed by atoms with Crippen molar-refractivity contribution in [2.45, 2.75) is 20.0 Å². The van der Waals surface area contributed by atoms with E-state index in [0.717, 1.165) is 5.56 Å². The van der Waals surface area contributed by atoms with E-state index >= 15 is 0 Å². The van der Waals surface area contributed by atoms with E-state index in [-0.39, 0.29) is 5.69 Å².